The van der Waals surface area contributed by atoms with Crippen LogP contribution >= 0.6 is 11.8 Å². The molecule has 0 saturated carbocycles. The van der Waals surface area contributed by atoms with E-state index in [-0.39, 0.29) is 10.3 Å². The van der Waals surface area contributed by atoms with Crippen molar-refractivity contribution in [2.24, 2.45) is 0 Å². The highest BCUT2D eigenvalue weighted by atomic mass is 32.2. The second kappa shape index (κ2) is 5.96. The van der Waals surface area contributed by atoms with Crippen LogP contribution in [-0.4, -0.2) is 34.1 Å². The highest BCUT2D eigenvalue weighted by molar-refractivity contribution is 8.00. The van der Waals surface area contributed by atoms with Crippen LogP contribution in [0.1, 0.15) is 41.0 Å². The standard InChI is InChI=1S/C21H27N3O2S/c1-13-11-21-10-8-9-15(25-6)24(21)19-22-12-16(27-20(3,4)5)23(19)18(21)14(2)17(13)26-7/h8-10,12H,11H2,1-7H3. The predicted molar refractivity (Wildman–Crippen MR) is 110 cm³/mol. The van der Waals surface area contributed by atoms with Crippen LogP contribution in [0.2, 0.25) is 0 Å². The number of imidazole rings is 1. The summed E-state index contributed by atoms with van der Waals surface area (Å²) >= 11 is 1.83. The molecule has 1 aromatic heterocycles. The third kappa shape index (κ3) is 2.49. The molecular formula is C21H27N3O2S. The number of thioether (sulfide) groups is 1. The first kappa shape index (κ1) is 18.3. The highest BCUT2D eigenvalue weighted by Gasteiger charge is 2.54. The number of ether oxygens (including phenoxy) is 2. The lowest BCUT2D eigenvalue weighted by Crippen LogP contribution is -2.48. The summed E-state index contributed by atoms with van der Waals surface area (Å²) in [5, 5.41) is 1.14. The minimum absolute atomic E-state index is 0.0851. The van der Waals surface area contributed by atoms with Crippen molar-refractivity contribution >= 4 is 23.4 Å². The number of allylic oxidation sites excluding steroid dienone is 3. The van der Waals surface area contributed by atoms with E-state index in [2.05, 4.69) is 56.2 Å². The zero-order chi connectivity index (χ0) is 19.6. The minimum Gasteiger partial charge on any atom is -0.496 e. The third-order valence-electron chi connectivity index (χ3n) is 5.22. The van der Waals surface area contributed by atoms with Crippen LogP contribution in [-0.2, 0) is 9.47 Å². The Morgan fingerprint density at radius 3 is 2.56 bits per heavy atom. The summed E-state index contributed by atoms with van der Waals surface area (Å²) in [4.78, 5) is 7.04. The molecule has 0 amide bonds. The SMILES string of the molecule is COC1=CC=CC23CC(C)=C(OC)C(C)=C2n2c(SC(C)(C)C)cnc2N13. The zero-order valence-electron chi connectivity index (χ0n) is 17.1. The van der Waals surface area contributed by atoms with Gasteiger partial charge in [-0.2, -0.15) is 0 Å². The number of nitrogens with zero attached hydrogens (tertiary/aromatic N) is 3. The van der Waals surface area contributed by atoms with Crippen LogP contribution in [0, 0.1) is 0 Å². The summed E-state index contributed by atoms with van der Waals surface area (Å²) in [6.07, 6.45) is 9.17. The largest absolute Gasteiger partial charge is 0.496 e. The fourth-order valence-electron chi connectivity index (χ4n) is 4.48. The first-order chi connectivity index (χ1) is 12.7. The van der Waals surface area contributed by atoms with Crippen molar-refractivity contribution in [1.29, 1.82) is 0 Å². The van der Waals surface area contributed by atoms with Gasteiger partial charge in [0.05, 0.1) is 26.1 Å². The number of fused-ring (bicyclic) bond motifs is 3. The van der Waals surface area contributed by atoms with Crippen molar-refractivity contribution in [1.82, 2.24) is 9.55 Å². The van der Waals surface area contributed by atoms with E-state index in [1.54, 1.807) is 14.2 Å². The minimum atomic E-state index is -0.326. The fourth-order valence-corrected chi connectivity index (χ4v) is 5.48. The van der Waals surface area contributed by atoms with Gasteiger partial charge in [-0.3, -0.25) is 9.47 Å². The van der Waals surface area contributed by atoms with Crippen molar-refractivity contribution in [3.05, 3.63) is 47.2 Å². The Kier molecular flexibility index (Phi) is 4.04. The predicted octanol–water partition coefficient (Wildman–Crippen LogP) is 4.95. The van der Waals surface area contributed by atoms with Gasteiger partial charge in [0.15, 0.2) is 5.88 Å². The Bertz CT molecular complexity index is 930. The highest BCUT2D eigenvalue weighted by Crippen LogP contribution is 2.56. The average molecular weight is 386 g/mol. The molecule has 1 spiro atoms. The van der Waals surface area contributed by atoms with E-state index < -0.39 is 0 Å². The molecule has 0 fully saturated rings. The molecule has 27 heavy (non-hydrogen) atoms. The van der Waals surface area contributed by atoms with Crippen LogP contribution in [0.25, 0.3) is 5.70 Å². The van der Waals surface area contributed by atoms with Gasteiger partial charge in [-0.25, -0.2) is 4.98 Å². The van der Waals surface area contributed by atoms with Gasteiger partial charge in [0.1, 0.15) is 16.3 Å². The molecule has 3 heterocycles. The molecule has 6 heteroatoms. The lowest BCUT2D eigenvalue weighted by atomic mass is 9.78. The van der Waals surface area contributed by atoms with Gasteiger partial charge in [-0.05, 0) is 25.5 Å². The summed E-state index contributed by atoms with van der Waals surface area (Å²) in [5.41, 5.74) is 3.28. The lowest BCUT2D eigenvalue weighted by Gasteiger charge is -2.42. The molecule has 144 valence electrons. The van der Waals surface area contributed by atoms with E-state index in [0.29, 0.717) is 0 Å². The normalized spacial score (nSPS) is 24.0. The molecule has 1 aromatic rings. The number of methoxy groups -OCH3 is 2. The maximum absolute atomic E-state index is 5.78. The molecule has 4 rings (SSSR count). The van der Waals surface area contributed by atoms with Crippen molar-refractivity contribution < 1.29 is 9.47 Å². The van der Waals surface area contributed by atoms with Gasteiger partial charge in [0, 0.05) is 16.7 Å². The molecule has 0 saturated heterocycles. The van der Waals surface area contributed by atoms with Gasteiger partial charge in [0.2, 0.25) is 5.95 Å². The summed E-state index contributed by atoms with van der Waals surface area (Å²) in [7, 11) is 3.47. The van der Waals surface area contributed by atoms with E-state index in [0.717, 1.165) is 34.6 Å². The molecule has 1 aliphatic carbocycles. The molecule has 5 nitrogen and oxygen atoms in total. The summed E-state index contributed by atoms with van der Waals surface area (Å²) in [5.74, 6) is 2.69. The van der Waals surface area contributed by atoms with Gasteiger partial charge < -0.3 is 9.47 Å². The second-order valence-corrected chi connectivity index (χ2v) is 10.1. The Labute approximate surface area is 165 Å². The van der Waals surface area contributed by atoms with Crippen LogP contribution < -0.4 is 4.90 Å². The smallest absolute Gasteiger partial charge is 0.219 e. The van der Waals surface area contributed by atoms with Crippen LogP contribution in [0.3, 0.4) is 0 Å². The second-order valence-electron chi connectivity index (χ2n) is 8.24. The Hall–Kier alpha value is -2.08. The monoisotopic (exact) mass is 385 g/mol. The van der Waals surface area contributed by atoms with E-state index >= 15 is 0 Å². The third-order valence-corrected chi connectivity index (χ3v) is 6.33. The fraction of sp³-hybridized carbons (Fsp3) is 0.476. The Morgan fingerprint density at radius 2 is 1.93 bits per heavy atom. The van der Waals surface area contributed by atoms with E-state index in [1.807, 2.05) is 24.0 Å². The van der Waals surface area contributed by atoms with Gasteiger partial charge in [-0.15, -0.1) is 11.8 Å². The van der Waals surface area contributed by atoms with Crippen molar-refractivity contribution in [2.45, 2.75) is 56.4 Å². The van der Waals surface area contributed by atoms with E-state index in [4.69, 9.17) is 14.5 Å². The summed E-state index contributed by atoms with van der Waals surface area (Å²) < 4.78 is 13.9. The molecule has 1 unspecified atom stereocenters. The van der Waals surface area contributed by atoms with Crippen molar-refractivity contribution in [3.63, 3.8) is 0 Å². The molecule has 3 aliphatic rings. The Morgan fingerprint density at radius 1 is 1.19 bits per heavy atom. The molecule has 0 bridgehead atoms. The molecule has 0 aromatic carbocycles. The topological polar surface area (TPSA) is 39.5 Å². The molecule has 1 atom stereocenters. The van der Waals surface area contributed by atoms with Crippen LogP contribution in [0.15, 0.2) is 52.2 Å². The van der Waals surface area contributed by atoms with Crippen molar-refractivity contribution in [3.8, 4) is 0 Å². The van der Waals surface area contributed by atoms with Gasteiger partial charge in [-0.1, -0.05) is 32.9 Å². The summed E-state index contributed by atoms with van der Waals surface area (Å²) in [6.45, 7) is 11.0. The van der Waals surface area contributed by atoms with Gasteiger partial charge >= 0.3 is 0 Å². The number of rotatable bonds is 3. The van der Waals surface area contributed by atoms with Crippen LogP contribution in [0.5, 0.6) is 0 Å². The van der Waals surface area contributed by atoms with Crippen molar-refractivity contribution in [2.75, 3.05) is 19.1 Å². The first-order valence-electron chi connectivity index (χ1n) is 9.20. The molecular weight excluding hydrogens is 358 g/mol. The maximum Gasteiger partial charge on any atom is 0.219 e. The Balaban J connectivity index is 2.01. The van der Waals surface area contributed by atoms with E-state index in [1.165, 1.54) is 11.3 Å². The molecule has 0 N–H and O–H groups in total. The summed E-state index contributed by atoms with van der Waals surface area (Å²) in [6, 6.07) is 0. The number of hydrogen-bond acceptors (Lipinski definition) is 5. The van der Waals surface area contributed by atoms with Crippen LogP contribution in [0.4, 0.5) is 5.95 Å². The number of anilines is 1. The quantitative estimate of drug-likeness (QED) is 0.689. The number of aromatic nitrogens is 2. The average Bonchev–Trinajstić information content (AvgIpc) is 3.09. The lowest BCUT2D eigenvalue weighted by molar-refractivity contribution is 0.262. The number of hydrogen-bond donors (Lipinski definition) is 0. The van der Waals surface area contributed by atoms with Gasteiger partial charge in [0.25, 0.3) is 0 Å². The van der Waals surface area contributed by atoms with E-state index in [9.17, 15) is 0 Å². The first-order valence-corrected chi connectivity index (χ1v) is 10.0. The maximum atomic E-state index is 5.78. The molecule has 0 radical (unpaired) electrons. The zero-order valence-corrected chi connectivity index (χ0v) is 17.9. The molecule has 2 aliphatic heterocycles.